The van der Waals surface area contributed by atoms with Crippen molar-refractivity contribution in [2.45, 2.75) is 18.3 Å². The summed E-state index contributed by atoms with van der Waals surface area (Å²) < 4.78 is 40.9. The number of aromatic nitrogens is 2. The molecule has 2 N–H and O–H groups in total. The minimum absolute atomic E-state index is 0.0104. The molecule has 2 amide bonds. The molecule has 3 heterocycles. The first kappa shape index (κ1) is 27.1. The molecule has 0 saturated carbocycles. The Bertz CT molecular complexity index is 1400. The molecule has 9 nitrogen and oxygen atoms in total. The zero-order chi connectivity index (χ0) is 27.9. The first-order valence-corrected chi connectivity index (χ1v) is 12.8. The van der Waals surface area contributed by atoms with Gasteiger partial charge in [0.25, 0.3) is 11.8 Å². The highest BCUT2D eigenvalue weighted by Crippen LogP contribution is 2.34. The van der Waals surface area contributed by atoms with Gasteiger partial charge in [-0.1, -0.05) is 11.6 Å². The number of alkyl halides is 3. The lowest BCUT2D eigenvalue weighted by Gasteiger charge is -2.38. The fourth-order valence-corrected chi connectivity index (χ4v) is 5.22. The molecule has 2 saturated heterocycles. The molecular formula is C26H26ClF3N6O3. The number of nitrogens with one attached hydrogen (secondary N) is 1. The highest BCUT2D eigenvalue weighted by atomic mass is 35.5. The summed E-state index contributed by atoms with van der Waals surface area (Å²) in [5.41, 5.74) is 0.840. The van der Waals surface area contributed by atoms with E-state index in [2.05, 4.69) is 15.3 Å². The van der Waals surface area contributed by atoms with Gasteiger partial charge in [0, 0.05) is 67.9 Å². The van der Waals surface area contributed by atoms with E-state index in [0.29, 0.717) is 36.8 Å². The van der Waals surface area contributed by atoms with E-state index >= 15 is 0 Å². The molecule has 3 aromatic rings. The average molecular weight is 563 g/mol. The van der Waals surface area contributed by atoms with Gasteiger partial charge in [0.15, 0.2) is 0 Å². The van der Waals surface area contributed by atoms with Crippen molar-refractivity contribution in [3.63, 3.8) is 0 Å². The molecule has 0 spiro atoms. The summed E-state index contributed by atoms with van der Waals surface area (Å²) in [6.45, 7) is 2.15. The Morgan fingerprint density at radius 3 is 2.31 bits per heavy atom. The molecule has 2 aliphatic rings. The minimum Gasteiger partial charge on any atom is -0.390 e. The lowest BCUT2D eigenvalue weighted by Crippen LogP contribution is -2.54. The van der Waals surface area contributed by atoms with E-state index in [9.17, 15) is 27.9 Å². The normalized spacial score (nSPS) is 20.5. The summed E-state index contributed by atoms with van der Waals surface area (Å²) in [6, 6.07) is 10.5. The SMILES string of the molecule is CNC(=O)c1ccc2nc(C(F)(F)F)nc(N3CC(O)C(N4CCN(C(=O)c5ccc(Cl)cc5)CC4)C3)c2c1. The second-order valence-electron chi connectivity index (χ2n) is 9.55. The molecule has 0 bridgehead atoms. The Hall–Kier alpha value is -3.48. The van der Waals surface area contributed by atoms with Gasteiger partial charge in [-0.05, 0) is 42.5 Å². The highest BCUT2D eigenvalue weighted by Gasteiger charge is 2.41. The van der Waals surface area contributed by atoms with Gasteiger partial charge >= 0.3 is 6.18 Å². The van der Waals surface area contributed by atoms with Crippen molar-refractivity contribution in [1.29, 1.82) is 0 Å². The second kappa shape index (κ2) is 10.6. The summed E-state index contributed by atoms with van der Waals surface area (Å²) in [5.74, 6) is -1.78. The van der Waals surface area contributed by atoms with Gasteiger partial charge in [0.1, 0.15) is 5.82 Å². The van der Waals surface area contributed by atoms with Gasteiger partial charge < -0.3 is 20.2 Å². The Morgan fingerprint density at radius 1 is 1.00 bits per heavy atom. The van der Waals surface area contributed by atoms with E-state index in [1.54, 1.807) is 34.1 Å². The fraction of sp³-hybridized carbons (Fsp3) is 0.385. The Morgan fingerprint density at radius 2 is 1.67 bits per heavy atom. The maximum atomic E-state index is 13.6. The van der Waals surface area contributed by atoms with Crippen LogP contribution in [0.15, 0.2) is 42.5 Å². The van der Waals surface area contributed by atoms with E-state index in [1.165, 1.54) is 25.2 Å². The van der Waals surface area contributed by atoms with Crippen LogP contribution < -0.4 is 10.2 Å². The molecule has 2 atom stereocenters. The number of aliphatic hydroxyl groups excluding tert-OH is 1. The quantitative estimate of drug-likeness (QED) is 0.504. The molecule has 1 aromatic heterocycles. The van der Waals surface area contributed by atoms with Gasteiger partial charge in [0.2, 0.25) is 5.82 Å². The number of nitrogens with zero attached hydrogens (tertiary/aromatic N) is 5. The van der Waals surface area contributed by atoms with Gasteiger partial charge in [-0.15, -0.1) is 0 Å². The number of carbonyl (C=O) groups excluding carboxylic acids is 2. The van der Waals surface area contributed by atoms with Gasteiger partial charge in [0.05, 0.1) is 17.7 Å². The number of aliphatic hydroxyl groups is 1. The smallest absolute Gasteiger partial charge is 0.390 e. The number of rotatable bonds is 4. The Labute approximate surface area is 227 Å². The predicted octanol–water partition coefficient (Wildman–Crippen LogP) is 2.67. The van der Waals surface area contributed by atoms with Crippen LogP contribution in [-0.2, 0) is 6.18 Å². The van der Waals surface area contributed by atoms with Crippen LogP contribution in [0, 0.1) is 0 Å². The standard InChI is InChI=1S/C26H26ClF3N6O3/c1-31-23(38)16-4-7-19-18(12-16)22(33-25(32-19)26(28,29)30)36-13-20(21(37)14-36)34-8-10-35(11-9-34)24(39)15-2-5-17(27)6-3-15/h2-7,12,20-21,37H,8-11,13-14H2,1H3,(H,31,38). The minimum atomic E-state index is -4.77. The van der Waals surface area contributed by atoms with E-state index in [4.69, 9.17) is 11.6 Å². The first-order valence-electron chi connectivity index (χ1n) is 12.4. The molecule has 2 unspecified atom stereocenters. The third-order valence-corrected chi connectivity index (χ3v) is 7.39. The molecule has 5 rings (SSSR count). The van der Waals surface area contributed by atoms with Crippen LogP contribution in [0.5, 0.6) is 0 Å². The average Bonchev–Trinajstić information content (AvgIpc) is 3.32. The van der Waals surface area contributed by atoms with E-state index in [0.717, 1.165) is 0 Å². The fourth-order valence-electron chi connectivity index (χ4n) is 5.10. The summed E-state index contributed by atoms with van der Waals surface area (Å²) >= 11 is 5.91. The Kier molecular flexibility index (Phi) is 7.36. The third kappa shape index (κ3) is 5.49. The zero-order valence-corrected chi connectivity index (χ0v) is 21.7. The van der Waals surface area contributed by atoms with Gasteiger partial charge in [-0.2, -0.15) is 13.2 Å². The van der Waals surface area contributed by atoms with Crippen LogP contribution in [-0.4, -0.2) is 95.2 Å². The molecule has 2 aliphatic heterocycles. The molecule has 0 aliphatic carbocycles. The summed E-state index contributed by atoms with van der Waals surface area (Å²) in [6.07, 6.45) is -5.63. The summed E-state index contributed by atoms with van der Waals surface area (Å²) in [5, 5.41) is 14.3. The maximum Gasteiger partial charge on any atom is 0.451 e. The lowest BCUT2D eigenvalue weighted by molar-refractivity contribution is -0.144. The topological polar surface area (TPSA) is 102 Å². The highest BCUT2D eigenvalue weighted by molar-refractivity contribution is 6.30. The lowest BCUT2D eigenvalue weighted by atomic mass is 10.1. The van der Waals surface area contributed by atoms with Crippen molar-refractivity contribution >= 4 is 40.1 Å². The van der Waals surface area contributed by atoms with E-state index in [1.807, 2.05) is 4.90 Å². The van der Waals surface area contributed by atoms with Crippen molar-refractivity contribution in [3.05, 3.63) is 64.4 Å². The number of halogens is 4. The van der Waals surface area contributed by atoms with Crippen LogP contribution in [0.4, 0.5) is 19.0 Å². The van der Waals surface area contributed by atoms with Crippen LogP contribution in [0.25, 0.3) is 10.9 Å². The molecule has 39 heavy (non-hydrogen) atoms. The number of hydrogen-bond donors (Lipinski definition) is 2. The van der Waals surface area contributed by atoms with Crippen LogP contribution in [0.3, 0.4) is 0 Å². The van der Waals surface area contributed by atoms with Crippen molar-refractivity contribution < 1.29 is 27.9 Å². The van der Waals surface area contributed by atoms with Crippen molar-refractivity contribution in [3.8, 4) is 0 Å². The van der Waals surface area contributed by atoms with Crippen LogP contribution in [0.1, 0.15) is 26.5 Å². The summed E-state index contributed by atoms with van der Waals surface area (Å²) in [4.78, 5) is 37.9. The number of fused-ring (bicyclic) bond motifs is 1. The first-order chi connectivity index (χ1) is 18.5. The van der Waals surface area contributed by atoms with Crippen LogP contribution in [0.2, 0.25) is 5.02 Å². The molecule has 206 valence electrons. The van der Waals surface area contributed by atoms with Crippen molar-refractivity contribution in [2.75, 3.05) is 51.2 Å². The van der Waals surface area contributed by atoms with Crippen molar-refractivity contribution in [2.24, 2.45) is 0 Å². The zero-order valence-electron chi connectivity index (χ0n) is 21.0. The van der Waals surface area contributed by atoms with E-state index in [-0.39, 0.29) is 47.3 Å². The molecular weight excluding hydrogens is 537 g/mol. The van der Waals surface area contributed by atoms with Gasteiger partial charge in [-0.25, -0.2) is 9.97 Å². The number of anilines is 1. The second-order valence-corrected chi connectivity index (χ2v) is 9.99. The van der Waals surface area contributed by atoms with E-state index < -0.39 is 24.0 Å². The summed E-state index contributed by atoms with van der Waals surface area (Å²) in [7, 11) is 1.46. The number of amides is 2. The number of carbonyl (C=O) groups is 2. The largest absolute Gasteiger partial charge is 0.451 e. The number of hydrogen-bond acceptors (Lipinski definition) is 7. The third-order valence-electron chi connectivity index (χ3n) is 7.14. The molecule has 2 aromatic carbocycles. The molecule has 0 radical (unpaired) electrons. The monoisotopic (exact) mass is 562 g/mol. The van der Waals surface area contributed by atoms with Gasteiger partial charge in [-0.3, -0.25) is 14.5 Å². The molecule has 13 heteroatoms. The number of benzene rings is 2. The molecule has 2 fully saturated rings. The predicted molar refractivity (Wildman–Crippen MR) is 139 cm³/mol. The maximum absolute atomic E-state index is 13.6. The number of piperazine rings is 1. The van der Waals surface area contributed by atoms with Crippen LogP contribution >= 0.6 is 11.6 Å². The van der Waals surface area contributed by atoms with Crippen molar-refractivity contribution in [1.82, 2.24) is 25.1 Å². The Balaban J connectivity index is 1.36. The number of β-amino-alcohol motifs (C(OH)–C–C–N with tert-alkyl or cyclic N) is 1.